The molecule has 0 aromatic heterocycles. The van der Waals surface area contributed by atoms with Crippen LogP contribution >= 0.6 is 11.6 Å². The number of alkyl halides is 1. The summed E-state index contributed by atoms with van der Waals surface area (Å²) in [5, 5.41) is 0. The van der Waals surface area contributed by atoms with E-state index in [1.54, 1.807) is 0 Å². The van der Waals surface area contributed by atoms with Gasteiger partial charge in [0, 0.05) is 24.7 Å². The molecule has 2 heteroatoms. The van der Waals surface area contributed by atoms with Crippen molar-refractivity contribution < 1.29 is 0 Å². The van der Waals surface area contributed by atoms with E-state index in [4.69, 9.17) is 11.6 Å². The van der Waals surface area contributed by atoms with Crippen molar-refractivity contribution >= 4 is 17.3 Å². The third-order valence-corrected chi connectivity index (χ3v) is 3.66. The third-order valence-electron chi connectivity index (χ3n) is 3.37. The molecule has 0 radical (unpaired) electrons. The predicted molar refractivity (Wildman–Crippen MR) is 73.5 cm³/mol. The summed E-state index contributed by atoms with van der Waals surface area (Å²) in [4.78, 5) is 2.37. The number of aryl methyl sites for hydroxylation is 1. The highest BCUT2D eigenvalue weighted by Gasteiger charge is 2.11. The van der Waals surface area contributed by atoms with E-state index in [0.717, 1.165) is 0 Å². The van der Waals surface area contributed by atoms with Gasteiger partial charge in [-0.2, -0.15) is 0 Å². The van der Waals surface area contributed by atoms with Crippen LogP contribution in [0, 0.1) is 6.92 Å². The number of nitrogens with zero attached hydrogens (tertiary/aromatic N) is 1. The summed E-state index contributed by atoms with van der Waals surface area (Å²) in [7, 11) is 2.17. The first-order valence-corrected chi connectivity index (χ1v) is 6.55. The van der Waals surface area contributed by atoms with Crippen LogP contribution in [0.5, 0.6) is 0 Å². The van der Waals surface area contributed by atoms with Crippen molar-refractivity contribution in [2.75, 3.05) is 11.9 Å². The van der Waals surface area contributed by atoms with Crippen molar-refractivity contribution in [2.45, 2.75) is 45.5 Å². The summed E-state index contributed by atoms with van der Waals surface area (Å²) in [5.74, 6) is 0.598. The number of rotatable bonds is 5. The quantitative estimate of drug-likeness (QED) is 0.691. The summed E-state index contributed by atoms with van der Waals surface area (Å²) in [6.45, 7) is 6.61. The van der Waals surface area contributed by atoms with Crippen molar-refractivity contribution in [3.05, 3.63) is 29.3 Å². The average molecular weight is 240 g/mol. The van der Waals surface area contributed by atoms with Gasteiger partial charge in [0.05, 0.1) is 0 Å². The van der Waals surface area contributed by atoms with E-state index in [2.05, 4.69) is 50.9 Å². The first-order chi connectivity index (χ1) is 7.63. The Morgan fingerprint density at radius 3 is 2.31 bits per heavy atom. The molecule has 0 atom stereocenters. The highest BCUT2D eigenvalue weighted by atomic mass is 35.5. The molecule has 1 rings (SSSR count). The van der Waals surface area contributed by atoms with Gasteiger partial charge in [0.1, 0.15) is 0 Å². The van der Waals surface area contributed by atoms with Crippen molar-refractivity contribution in [1.29, 1.82) is 0 Å². The molecule has 16 heavy (non-hydrogen) atoms. The molecule has 1 aromatic rings. The molecule has 0 heterocycles. The fourth-order valence-electron chi connectivity index (χ4n) is 2.10. The maximum Gasteiger partial charge on any atom is 0.0476 e. The standard InChI is InChI=1S/C14H22ClN/c1-5-13(6-2)16(4)14-8-7-12(10-15)11(3)9-14/h7-9,13H,5-6,10H2,1-4H3. The first-order valence-electron chi connectivity index (χ1n) is 6.02. The molecule has 0 unspecified atom stereocenters. The Hall–Kier alpha value is -0.690. The molecule has 0 spiro atoms. The van der Waals surface area contributed by atoms with E-state index < -0.39 is 0 Å². The van der Waals surface area contributed by atoms with Gasteiger partial charge in [0.25, 0.3) is 0 Å². The van der Waals surface area contributed by atoms with Gasteiger partial charge in [-0.25, -0.2) is 0 Å². The molecule has 0 fully saturated rings. The molecule has 0 aliphatic rings. The highest BCUT2D eigenvalue weighted by molar-refractivity contribution is 6.17. The Labute approximate surface area is 104 Å². The van der Waals surface area contributed by atoms with Gasteiger partial charge < -0.3 is 4.90 Å². The molecule has 0 amide bonds. The maximum atomic E-state index is 5.87. The molecular formula is C14H22ClN. The zero-order chi connectivity index (χ0) is 12.1. The summed E-state index contributed by atoms with van der Waals surface area (Å²) in [6, 6.07) is 7.16. The summed E-state index contributed by atoms with van der Waals surface area (Å²) in [5.41, 5.74) is 3.80. The van der Waals surface area contributed by atoms with Gasteiger partial charge in [-0.3, -0.25) is 0 Å². The first kappa shape index (κ1) is 13.4. The van der Waals surface area contributed by atoms with E-state index in [-0.39, 0.29) is 0 Å². The molecule has 0 aliphatic heterocycles. The smallest absolute Gasteiger partial charge is 0.0476 e. The van der Waals surface area contributed by atoms with Crippen molar-refractivity contribution in [1.82, 2.24) is 0 Å². The van der Waals surface area contributed by atoms with Crippen LogP contribution in [-0.2, 0) is 5.88 Å². The minimum Gasteiger partial charge on any atom is -0.372 e. The zero-order valence-electron chi connectivity index (χ0n) is 10.8. The van der Waals surface area contributed by atoms with Gasteiger partial charge in [-0.15, -0.1) is 11.6 Å². The average Bonchev–Trinajstić information content (AvgIpc) is 2.30. The molecular weight excluding hydrogens is 218 g/mol. The molecule has 90 valence electrons. The number of hydrogen-bond acceptors (Lipinski definition) is 1. The summed E-state index contributed by atoms with van der Waals surface area (Å²) < 4.78 is 0. The van der Waals surface area contributed by atoms with Crippen molar-refractivity contribution in [2.24, 2.45) is 0 Å². The monoisotopic (exact) mass is 239 g/mol. The van der Waals surface area contributed by atoms with Crippen LogP contribution in [0.3, 0.4) is 0 Å². The van der Waals surface area contributed by atoms with E-state index in [1.807, 2.05) is 0 Å². The Kier molecular flexibility index (Phi) is 5.14. The fourth-order valence-corrected chi connectivity index (χ4v) is 2.40. The lowest BCUT2D eigenvalue weighted by Gasteiger charge is -2.29. The predicted octanol–water partition coefficient (Wildman–Crippen LogP) is 4.36. The summed E-state index contributed by atoms with van der Waals surface area (Å²) >= 11 is 5.87. The largest absolute Gasteiger partial charge is 0.372 e. The maximum absolute atomic E-state index is 5.87. The lowest BCUT2D eigenvalue weighted by Crippen LogP contribution is -2.30. The molecule has 0 bridgehead atoms. The van der Waals surface area contributed by atoms with Crippen LogP contribution in [0.25, 0.3) is 0 Å². The van der Waals surface area contributed by atoms with Crippen LogP contribution in [0.2, 0.25) is 0 Å². The zero-order valence-corrected chi connectivity index (χ0v) is 11.5. The van der Waals surface area contributed by atoms with E-state index >= 15 is 0 Å². The van der Waals surface area contributed by atoms with Crippen LogP contribution in [-0.4, -0.2) is 13.1 Å². The Morgan fingerprint density at radius 2 is 1.88 bits per heavy atom. The van der Waals surface area contributed by atoms with Gasteiger partial charge in [0.15, 0.2) is 0 Å². The molecule has 0 saturated heterocycles. The van der Waals surface area contributed by atoms with Crippen molar-refractivity contribution in [3.8, 4) is 0 Å². The minimum absolute atomic E-state index is 0.598. The van der Waals surface area contributed by atoms with E-state index in [0.29, 0.717) is 11.9 Å². The summed E-state index contributed by atoms with van der Waals surface area (Å²) in [6.07, 6.45) is 2.37. The third kappa shape index (κ3) is 2.91. The molecule has 1 nitrogen and oxygen atoms in total. The van der Waals surface area contributed by atoms with Crippen LogP contribution in [0.1, 0.15) is 37.8 Å². The second-order valence-corrected chi connectivity index (χ2v) is 4.59. The van der Waals surface area contributed by atoms with Gasteiger partial charge >= 0.3 is 0 Å². The van der Waals surface area contributed by atoms with Crippen LogP contribution in [0.4, 0.5) is 5.69 Å². The molecule has 0 saturated carbocycles. The lowest BCUT2D eigenvalue weighted by molar-refractivity contribution is 0.591. The van der Waals surface area contributed by atoms with Gasteiger partial charge in [-0.05, 0) is 43.0 Å². The minimum atomic E-state index is 0.598. The molecule has 0 N–H and O–H groups in total. The Bertz CT molecular complexity index is 332. The van der Waals surface area contributed by atoms with Gasteiger partial charge in [-0.1, -0.05) is 19.9 Å². The number of halogens is 1. The van der Waals surface area contributed by atoms with Gasteiger partial charge in [0.2, 0.25) is 0 Å². The second-order valence-electron chi connectivity index (χ2n) is 4.33. The second kappa shape index (κ2) is 6.15. The van der Waals surface area contributed by atoms with Crippen LogP contribution in [0.15, 0.2) is 18.2 Å². The topological polar surface area (TPSA) is 3.24 Å². The van der Waals surface area contributed by atoms with Crippen molar-refractivity contribution in [3.63, 3.8) is 0 Å². The highest BCUT2D eigenvalue weighted by Crippen LogP contribution is 2.22. The molecule has 1 aromatic carbocycles. The molecule has 0 aliphatic carbocycles. The normalized spacial score (nSPS) is 10.9. The number of hydrogen-bond donors (Lipinski definition) is 0. The van der Waals surface area contributed by atoms with E-state index in [9.17, 15) is 0 Å². The number of benzene rings is 1. The Balaban J connectivity index is 2.91. The van der Waals surface area contributed by atoms with E-state index in [1.165, 1.54) is 29.7 Å². The SMILES string of the molecule is CCC(CC)N(C)c1ccc(CCl)c(C)c1. The van der Waals surface area contributed by atoms with Crippen LogP contribution < -0.4 is 4.90 Å². The lowest BCUT2D eigenvalue weighted by atomic mass is 10.1. The number of anilines is 1. The Morgan fingerprint density at radius 1 is 1.25 bits per heavy atom. The fraction of sp³-hybridized carbons (Fsp3) is 0.571.